The zero-order valence-electron chi connectivity index (χ0n) is 24.5. The first kappa shape index (κ1) is 30.1. The van der Waals surface area contributed by atoms with Gasteiger partial charge in [0.2, 0.25) is 0 Å². The SMILES string of the molecule is CCOC(=O)C1=C(c2ccccc2)N=c2s/c(=C\c3ccc(OCC#N)c(OC)c3)c(=O)n2[C@@H]1c1ccc(OC)c(OC)c1. The second-order valence-electron chi connectivity index (χ2n) is 9.40. The van der Waals surface area contributed by atoms with Gasteiger partial charge in [0, 0.05) is 5.56 Å². The minimum Gasteiger partial charge on any atom is -0.493 e. The van der Waals surface area contributed by atoms with Crippen molar-refractivity contribution in [1.29, 1.82) is 5.26 Å². The van der Waals surface area contributed by atoms with E-state index in [9.17, 15) is 9.59 Å². The molecule has 2 heterocycles. The van der Waals surface area contributed by atoms with Gasteiger partial charge in [-0.3, -0.25) is 9.36 Å². The van der Waals surface area contributed by atoms with Gasteiger partial charge < -0.3 is 23.7 Å². The molecule has 0 amide bonds. The van der Waals surface area contributed by atoms with E-state index in [-0.39, 0.29) is 24.3 Å². The molecule has 0 aliphatic carbocycles. The Morgan fingerprint density at radius 2 is 1.68 bits per heavy atom. The molecule has 224 valence electrons. The fraction of sp³-hybridized carbons (Fsp3) is 0.212. The lowest BCUT2D eigenvalue weighted by Gasteiger charge is -2.26. The maximum absolute atomic E-state index is 14.2. The van der Waals surface area contributed by atoms with Gasteiger partial charge in [-0.15, -0.1) is 0 Å². The molecule has 0 bridgehead atoms. The van der Waals surface area contributed by atoms with Gasteiger partial charge in [0.1, 0.15) is 6.07 Å². The Hall–Kier alpha value is -5.34. The van der Waals surface area contributed by atoms with Gasteiger partial charge in [0.15, 0.2) is 34.4 Å². The second kappa shape index (κ2) is 13.3. The molecule has 3 aromatic carbocycles. The van der Waals surface area contributed by atoms with Crippen LogP contribution in [0.1, 0.15) is 29.7 Å². The van der Waals surface area contributed by atoms with E-state index < -0.39 is 12.0 Å². The van der Waals surface area contributed by atoms with Crippen LogP contribution in [0.5, 0.6) is 23.0 Å². The maximum Gasteiger partial charge on any atom is 0.338 e. The molecule has 1 atom stereocenters. The van der Waals surface area contributed by atoms with Crippen molar-refractivity contribution in [2.24, 2.45) is 4.99 Å². The summed E-state index contributed by atoms with van der Waals surface area (Å²) in [6.07, 6.45) is 1.72. The zero-order valence-corrected chi connectivity index (χ0v) is 25.3. The van der Waals surface area contributed by atoms with E-state index in [1.54, 1.807) is 49.4 Å². The number of nitriles is 1. The number of ether oxygens (including phenoxy) is 5. The smallest absolute Gasteiger partial charge is 0.338 e. The van der Waals surface area contributed by atoms with E-state index in [4.69, 9.17) is 33.9 Å². The Balaban J connectivity index is 1.78. The van der Waals surface area contributed by atoms with Gasteiger partial charge >= 0.3 is 5.97 Å². The summed E-state index contributed by atoms with van der Waals surface area (Å²) in [4.78, 5) is 33.1. The van der Waals surface area contributed by atoms with Crippen LogP contribution >= 0.6 is 11.3 Å². The van der Waals surface area contributed by atoms with Crippen molar-refractivity contribution in [3.8, 4) is 29.1 Å². The largest absolute Gasteiger partial charge is 0.493 e. The molecule has 0 unspecified atom stereocenters. The highest BCUT2D eigenvalue weighted by atomic mass is 32.1. The number of nitrogens with zero attached hydrogens (tertiary/aromatic N) is 3. The third-order valence-electron chi connectivity index (χ3n) is 6.87. The molecule has 0 spiro atoms. The fourth-order valence-electron chi connectivity index (χ4n) is 4.93. The zero-order chi connectivity index (χ0) is 31.2. The summed E-state index contributed by atoms with van der Waals surface area (Å²) in [6.45, 7) is 1.74. The lowest BCUT2D eigenvalue weighted by molar-refractivity contribution is -0.138. The van der Waals surface area contributed by atoms with E-state index in [1.165, 1.54) is 37.2 Å². The minimum absolute atomic E-state index is 0.128. The predicted octanol–water partition coefficient (Wildman–Crippen LogP) is 3.86. The third kappa shape index (κ3) is 5.80. The number of fused-ring (bicyclic) bond motifs is 1. The topological polar surface area (TPSA) is 121 Å². The predicted molar refractivity (Wildman–Crippen MR) is 165 cm³/mol. The summed E-state index contributed by atoms with van der Waals surface area (Å²) < 4.78 is 29.3. The monoisotopic (exact) mass is 611 g/mol. The number of carbonyl (C=O) groups is 1. The minimum atomic E-state index is -0.876. The molecule has 4 aromatic rings. The van der Waals surface area contributed by atoms with Crippen LogP contribution in [0.2, 0.25) is 0 Å². The Morgan fingerprint density at radius 3 is 2.36 bits per heavy atom. The number of methoxy groups -OCH3 is 3. The van der Waals surface area contributed by atoms with Crippen LogP contribution in [-0.4, -0.2) is 45.1 Å². The highest BCUT2D eigenvalue weighted by molar-refractivity contribution is 7.07. The molecule has 0 saturated carbocycles. The number of rotatable bonds is 10. The number of carbonyl (C=O) groups excluding carboxylic acids is 1. The Labute approximate surface area is 257 Å². The van der Waals surface area contributed by atoms with Gasteiger partial charge in [-0.1, -0.05) is 53.8 Å². The number of thiazole rings is 1. The Bertz CT molecular complexity index is 1960. The van der Waals surface area contributed by atoms with Crippen LogP contribution in [0, 0.1) is 11.3 Å². The molecule has 1 aliphatic heterocycles. The van der Waals surface area contributed by atoms with E-state index in [0.29, 0.717) is 54.7 Å². The van der Waals surface area contributed by atoms with Crippen LogP contribution in [0.4, 0.5) is 0 Å². The lowest BCUT2D eigenvalue weighted by atomic mass is 9.93. The summed E-state index contributed by atoms with van der Waals surface area (Å²) in [5.41, 5.74) is 2.29. The fourth-order valence-corrected chi connectivity index (χ4v) is 5.93. The average Bonchev–Trinajstić information content (AvgIpc) is 3.37. The second-order valence-corrected chi connectivity index (χ2v) is 10.4. The third-order valence-corrected chi connectivity index (χ3v) is 7.86. The van der Waals surface area contributed by atoms with Crippen molar-refractivity contribution in [1.82, 2.24) is 4.57 Å². The van der Waals surface area contributed by atoms with Gasteiger partial charge in [-0.25, -0.2) is 9.79 Å². The maximum atomic E-state index is 14.2. The molecule has 11 heteroatoms. The molecule has 0 saturated heterocycles. The first-order valence-electron chi connectivity index (χ1n) is 13.6. The van der Waals surface area contributed by atoms with Gasteiger partial charge in [-0.2, -0.15) is 5.26 Å². The summed E-state index contributed by atoms with van der Waals surface area (Å²) in [5, 5.41) is 8.87. The van der Waals surface area contributed by atoms with Crippen molar-refractivity contribution in [2.45, 2.75) is 13.0 Å². The van der Waals surface area contributed by atoms with Crippen molar-refractivity contribution >= 4 is 29.1 Å². The molecule has 10 nitrogen and oxygen atoms in total. The van der Waals surface area contributed by atoms with Crippen LogP contribution in [0.15, 0.2) is 82.1 Å². The van der Waals surface area contributed by atoms with Crippen LogP contribution in [0.3, 0.4) is 0 Å². The number of benzene rings is 3. The summed E-state index contributed by atoms with van der Waals surface area (Å²) >= 11 is 1.20. The standard InChI is InChI=1S/C33H29N3O7S/c1-5-42-32(38)28-29(21-9-7-6-8-10-21)35-33-36(30(28)22-12-14-23(39-2)26(19-22)41-4)31(37)27(44-33)18-20-11-13-24(43-16-15-34)25(17-20)40-3/h6-14,17-19,30H,5,16H2,1-4H3/b27-18-/t30-/m1/s1. The van der Waals surface area contributed by atoms with Crippen molar-refractivity contribution in [3.63, 3.8) is 0 Å². The molecular weight excluding hydrogens is 582 g/mol. The Kier molecular flexibility index (Phi) is 9.12. The van der Waals surface area contributed by atoms with Crippen LogP contribution in [0.25, 0.3) is 11.8 Å². The molecule has 0 fully saturated rings. The van der Waals surface area contributed by atoms with Gasteiger partial charge in [-0.05, 0) is 48.4 Å². The number of esters is 1. The molecule has 5 rings (SSSR count). The summed E-state index contributed by atoms with van der Waals surface area (Å²) in [5.74, 6) is 1.19. The van der Waals surface area contributed by atoms with Crippen LogP contribution in [-0.2, 0) is 9.53 Å². The number of hydrogen-bond acceptors (Lipinski definition) is 10. The average molecular weight is 612 g/mol. The van der Waals surface area contributed by atoms with E-state index in [2.05, 4.69) is 0 Å². The molecular formula is C33H29N3O7S. The summed E-state index contributed by atoms with van der Waals surface area (Å²) in [7, 11) is 4.56. The highest BCUT2D eigenvalue weighted by Gasteiger charge is 2.35. The first-order chi connectivity index (χ1) is 21.4. The van der Waals surface area contributed by atoms with Crippen molar-refractivity contribution in [3.05, 3.63) is 109 Å². The molecule has 44 heavy (non-hydrogen) atoms. The van der Waals surface area contributed by atoms with E-state index in [1.807, 2.05) is 36.4 Å². The lowest BCUT2D eigenvalue weighted by Crippen LogP contribution is -2.40. The molecule has 0 N–H and O–H groups in total. The number of aromatic nitrogens is 1. The summed E-state index contributed by atoms with van der Waals surface area (Å²) in [6, 6.07) is 20.8. The van der Waals surface area contributed by atoms with E-state index >= 15 is 0 Å². The van der Waals surface area contributed by atoms with Crippen LogP contribution < -0.4 is 33.8 Å². The van der Waals surface area contributed by atoms with Gasteiger partial charge in [0.05, 0.1) is 49.8 Å². The van der Waals surface area contributed by atoms with Gasteiger partial charge in [0.25, 0.3) is 5.56 Å². The Morgan fingerprint density at radius 1 is 0.977 bits per heavy atom. The molecule has 1 aliphatic rings. The highest BCUT2D eigenvalue weighted by Crippen LogP contribution is 2.38. The normalized spacial score (nSPS) is 14.2. The number of hydrogen-bond donors (Lipinski definition) is 0. The van der Waals surface area contributed by atoms with Crippen molar-refractivity contribution < 1.29 is 28.5 Å². The molecule has 0 radical (unpaired) electrons. The quantitative estimate of drug-likeness (QED) is 0.248. The first-order valence-corrected chi connectivity index (χ1v) is 14.4. The molecule has 1 aromatic heterocycles. The van der Waals surface area contributed by atoms with Crippen molar-refractivity contribution in [2.75, 3.05) is 34.5 Å². The van der Waals surface area contributed by atoms with E-state index in [0.717, 1.165) is 0 Å².